The van der Waals surface area contributed by atoms with Crippen LogP contribution in [0.2, 0.25) is 0 Å². The molecule has 0 heterocycles. The Morgan fingerprint density at radius 3 is 2.13 bits per heavy atom. The van der Waals surface area contributed by atoms with E-state index in [1.807, 2.05) is 0 Å². The molecule has 0 saturated carbocycles. The minimum absolute atomic E-state index is 0.259. The van der Waals surface area contributed by atoms with Crippen molar-refractivity contribution in [3.05, 3.63) is 29.6 Å². The van der Waals surface area contributed by atoms with Crippen molar-refractivity contribution >= 4 is 0 Å². The largest absolute Gasteiger partial charge is 0.573 e. The second kappa shape index (κ2) is 4.00. The molecule has 0 amide bonds. The zero-order chi connectivity index (χ0) is 11.6. The number of ether oxygens (including phenoxy) is 1. The molecule has 0 bridgehead atoms. The maximum absolute atomic E-state index is 12.7. The molecule has 0 N–H and O–H groups in total. The van der Waals surface area contributed by atoms with E-state index >= 15 is 0 Å². The number of hydrogen-bond acceptors (Lipinski definition) is 1. The van der Waals surface area contributed by atoms with Gasteiger partial charge >= 0.3 is 6.36 Å². The Morgan fingerprint density at radius 1 is 1.13 bits per heavy atom. The van der Waals surface area contributed by atoms with Crippen molar-refractivity contribution in [3.63, 3.8) is 0 Å². The van der Waals surface area contributed by atoms with Gasteiger partial charge in [-0.15, -0.1) is 13.2 Å². The van der Waals surface area contributed by atoms with E-state index in [4.69, 9.17) is 0 Å². The first-order valence-electron chi connectivity index (χ1n) is 3.63. The van der Waals surface area contributed by atoms with Gasteiger partial charge in [0.2, 0.25) is 0 Å². The van der Waals surface area contributed by atoms with E-state index in [0.29, 0.717) is 12.1 Å². The van der Waals surface area contributed by atoms with E-state index in [1.54, 1.807) is 0 Å². The molecule has 1 rings (SSSR count). The fourth-order valence-electron chi connectivity index (χ4n) is 0.882. The van der Waals surface area contributed by atoms with Crippen LogP contribution in [0.15, 0.2) is 18.2 Å². The van der Waals surface area contributed by atoms with Gasteiger partial charge in [0.05, 0.1) is 5.56 Å². The molecule has 0 aromatic heterocycles. The van der Waals surface area contributed by atoms with Gasteiger partial charge in [-0.3, -0.25) is 0 Å². The summed E-state index contributed by atoms with van der Waals surface area (Å²) >= 11 is 0. The monoisotopic (exact) mass is 230 g/mol. The highest BCUT2D eigenvalue weighted by Gasteiger charge is 2.31. The van der Waals surface area contributed by atoms with Gasteiger partial charge in [0.15, 0.2) is 0 Å². The molecule has 0 saturated heterocycles. The molecule has 7 heteroatoms. The SMILES string of the molecule is Fc1cc(OC(F)(F)F)ccc1C(F)F. The average Bonchev–Trinajstić information content (AvgIpc) is 1.99. The molecule has 0 fully saturated rings. The fraction of sp³-hybridized carbons (Fsp3) is 0.250. The van der Waals surface area contributed by atoms with E-state index in [0.717, 1.165) is 0 Å². The first-order chi connectivity index (χ1) is 6.79. The predicted molar refractivity (Wildman–Crippen MR) is 38.0 cm³/mol. The lowest BCUT2D eigenvalue weighted by Gasteiger charge is -2.09. The average molecular weight is 230 g/mol. The molecule has 0 aliphatic heterocycles. The third-order valence-electron chi connectivity index (χ3n) is 1.44. The van der Waals surface area contributed by atoms with Crippen LogP contribution in [0.3, 0.4) is 0 Å². The van der Waals surface area contributed by atoms with E-state index in [1.165, 1.54) is 0 Å². The molecule has 1 nitrogen and oxygen atoms in total. The Kier molecular flexibility index (Phi) is 3.11. The minimum atomic E-state index is -4.97. The van der Waals surface area contributed by atoms with Crippen LogP contribution in [0, 0.1) is 5.82 Å². The van der Waals surface area contributed by atoms with Crippen LogP contribution in [0.5, 0.6) is 5.75 Å². The highest BCUT2D eigenvalue weighted by Crippen LogP contribution is 2.28. The number of benzene rings is 1. The summed E-state index contributed by atoms with van der Waals surface area (Å²) in [7, 11) is 0. The summed E-state index contributed by atoms with van der Waals surface area (Å²) in [4.78, 5) is 0. The van der Waals surface area contributed by atoms with Crippen molar-refractivity contribution in [1.82, 2.24) is 0 Å². The molecule has 0 aliphatic rings. The lowest BCUT2D eigenvalue weighted by Crippen LogP contribution is -2.17. The number of halogens is 6. The molecular formula is C8H4F6O. The highest BCUT2D eigenvalue weighted by atomic mass is 19.4. The molecule has 1 aromatic rings. The Hall–Kier alpha value is -1.40. The van der Waals surface area contributed by atoms with Gasteiger partial charge in [-0.25, -0.2) is 13.2 Å². The lowest BCUT2D eigenvalue weighted by molar-refractivity contribution is -0.274. The van der Waals surface area contributed by atoms with Crippen LogP contribution in [-0.4, -0.2) is 6.36 Å². The Balaban J connectivity index is 2.92. The van der Waals surface area contributed by atoms with E-state index in [-0.39, 0.29) is 6.07 Å². The van der Waals surface area contributed by atoms with E-state index < -0.39 is 29.9 Å². The van der Waals surface area contributed by atoms with Gasteiger partial charge in [0, 0.05) is 6.07 Å². The normalized spacial score (nSPS) is 11.9. The molecule has 0 unspecified atom stereocenters. The molecule has 84 valence electrons. The minimum Gasteiger partial charge on any atom is -0.406 e. The Labute approximate surface area is 80.3 Å². The second-order valence-electron chi connectivity index (χ2n) is 2.53. The number of hydrogen-bond donors (Lipinski definition) is 0. The summed E-state index contributed by atoms with van der Waals surface area (Å²) in [6.45, 7) is 0. The van der Waals surface area contributed by atoms with E-state index in [2.05, 4.69) is 4.74 Å². The van der Waals surface area contributed by atoms with Crippen LogP contribution >= 0.6 is 0 Å². The second-order valence-corrected chi connectivity index (χ2v) is 2.53. The van der Waals surface area contributed by atoms with Gasteiger partial charge in [0.25, 0.3) is 6.43 Å². The smallest absolute Gasteiger partial charge is 0.406 e. The Bertz CT molecular complexity index is 345. The predicted octanol–water partition coefficient (Wildman–Crippen LogP) is 3.66. The lowest BCUT2D eigenvalue weighted by atomic mass is 10.2. The van der Waals surface area contributed by atoms with Crippen molar-refractivity contribution in [1.29, 1.82) is 0 Å². The number of rotatable bonds is 2. The maximum Gasteiger partial charge on any atom is 0.573 e. The highest BCUT2D eigenvalue weighted by molar-refractivity contribution is 5.29. The third kappa shape index (κ3) is 3.34. The van der Waals surface area contributed by atoms with Crippen LogP contribution in [0.4, 0.5) is 26.3 Å². The molecular weight excluding hydrogens is 226 g/mol. The van der Waals surface area contributed by atoms with Crippen LogP contribution in [0.25, 0.3) is 0 Å². The Morgan fingerprint density at radius 2 is 1.73 bits per heavy atom. The molecule has 0 spiro atoms. The molecule has 1 aromatic carbocycles. The first kappa shape index (κ1) is 11.7. The molecule has 0 aliphatic carbocycles. The zero-order valence-corrected chi connectivity index (χ0v) is 6.99. The summed E-state index contributed by atoms with van der Waals surface area (Å²) in [6, 6.07) is 1.42. The van der Waals surface area contributed by atoms with E-state index in [9.17, 15) is 26.3 Å². The fourth-order valence-corrected chi connectivity index (χ4v) is 0.882. The van der Waals surface area contributed by atoms with Crippen molar-refractivity contribution in [3.8, 4) is 5.75 Å². The summed E-state index contributed by atoms with van der Waals surface area (Å²) in [5, 5.41) is 0. The molecule has 0 atom stereocenters. The quantitative estimate of drug-likeness (QED) is 0.704. The summed E-state index contributed by atoms with van der Waals surface area (Å²) in [5.41, 5.74) is -0.968. The van der Waals surface area contributed by atoms with Crippen molar-refractivity contribution in [2.45, 2.75) is 12.8 Å². The van der Waals surface area contributed by atoms with Crippen LogP contribution in [0.1, 0.15) is 12.0 Å². The van der Waals surface area contributed by atoms with Crippen molar-refractivity contribution in [2.75, 3.05) is 0 Å². The van der Waals surface area contributed by atoms with Gasteiger partial charge in [-0.2, -0.15) is 0 Å². The number of alkyl halides is 5. The summed E-state index contributed by atoms with van der Waals surface area (Å²) in [6.07, 6.45) is -8.05. The molecule has 0 radical (unpaired) electrons. The van der Waals surface area contributed by atoms with Gasteiger partial charge in [-0.05, 0) is 12.1 Å². The molecule has 15 heavy (non-hydrogen) atoms. The van der Waals surface area contributed by atoms with Crippen molar-refractivity contribution < 1.29 is 31.1 Å². The maximum atomic E-state index is 12.7. The van der Waals surface area contributed by atoms with Crippen LogP contribution < -0.4 is 4.74 Å². The standard InChI is InChI=1S/C8H4F6O/c9-6-3-4(15-8(12,13)14)1-2-5(6)7(10)11/h1-3,7H. The first-order valence-corrected chi connectivity index (χ1v) is 3.63. The van der Waals surface area contributed by atoms with Gasteiger partial charge in [-0.1, -0.05) is 0 Å². The van der Waals surface area contributed by atoms with Crippen LogP contribution in [-0.2, 0) is 0 Å². The third-order valence-corrected chi connectivity index (χ3v) is 1.44. The summed E-state index contributed by atoms with van der Waals surface area (Å²) < 4.78 is 75.0. The van der Waals surface area contributed by atoms with Gasteiger partial charge in [0.1, 0.15) is 11.6 Å². The zero-order valence-electron chi connectivity index (χ0n) is 6.99. The topological polar surface area (TPSA) is 9.23 Å². The summed E-state index contributed by atoms with van der Waals surface area (Å²) in [5.74, 6) is -2.31. The van der Waals surface area contributed by atoms with Gasteiger partial charge < -0.3 is 4.74 Å². The van der Waals surface area contributed by atoms with Crippen molar-refractivity contribution in [2.24, 2.45) is 0 Å².